The van der Waals surface area contributed by atoms with Gasteiger partial charge < -0.3 is 15.4 Å². The number of hydrogen-bond donors (Lipinski definition) is 2. The van der Waals surface area contributed by atoms with Gasteiger partial charge in [-0.15, -0.1) is 0 Å². The number of nitrogens with one attached hydrogen (secondary N) is 2. The molecule has 2 aliphatic heterocycles. The van der Waals surface area contributed by atoms with Gasteiger partial charge in [0.2, 0.25) is 0 Å². The summed E-state index contributed by atoms with van der Waals surface area (Å²) < 4.78 is 7.69. The number of hydrogen-bond acceptors (Lipinski definition) is 5. The third kappa shape index (κ3) is 5.53. The summed E-state index contributed by atoms with van der Waals surface area (Å²) >= 11 is 0. The summed E-state index contributed by atoms with van der Waals surface area (Å²) in [7, 11) is 0. The number of amides is 1. The van der Waals surface area contributed by atoms with Gasteiger partial charge in [-0.25, -0.2) is 0 Å². The zero-order chi connectivity index (χ0) is 18.4. The number of carbonyl (C=O) groups excluding carboxylic acids is 1. The van der Waals surface area contributed by atoms with Crippen molar-refractivity contribution >= 4 is 5.91 Å². The molecule has 1 aromatic rings. The van der Waals surface area contributed by atoms with Crippen LogP contribution in [0.25, 0.3) is 0 Å². The van der Waals surface area contributed by atoms with Crippen LogP contribution in [-0.2, 0) is 4.74 Å². The lowest BCUT2D eigenvalue weighted by atomic mass is 10.1. The fourth-order valence-electron chi connectivity index (χ4n) is 3.94. The number of unbranched alkanes of at least 4 members (excludes halogenated alkanes) is 1. The maximum atomic E-state index is 12.3. The zero-order valence-electron chi connectivity index (χ0n) is 16.1. The van der Waals surface area contributed by atoms with Gasteiger partial charge >= 0.3 is 0 Å². The molecule has 0 aliphatic carbocycles. The lowest BCUT2D eigenvalue weighted by molar-refractivity contribution is -0.0681. The van der Waals surface area contributed by atoms with Gasteiger partial charge in [-0.1, -0.05) is 0 Å². The third-order valence-electron chi connectivity index (χ3n) is 5.17. The number of ether oxygens (including phenoxy) is 1. The Morgan fingerprint density at radius 2 is 2.15 bits per heavy atom. The summed E-state index contributed by atoms with van der Waals surface area (Å²) in [6, 6.07) is 2.18. The molecule has 2 aliphatic rings. The summed E-state index contributed by atoms with van der Waals surface area (Å²) in [6.45, 7) is 10.0. The number of aromatic nitrogens is 2. The van der Waals surface area contributed by atoms with Crippen molar-refractivity contribution in [3.8, 4) is 0 Å². The highest BCUT2D eigenvalue weighted by Gasteiger charge is 2.21. The Labute approximate surface area is 156 Å². The second kappa shape index (κ2) is 9.48. The van der Waals surface area contributed by atoms with E-state index in [2.05, 4.69) is 34.5 Å². The van der Waals surface area contributed by atoms with Crippen molar-refractivity contribution in [1.82, 2.24) is 25.3 Å². The minimum Gasteiger partial charge on any atom is -0.373 e. The summed E-state index contributed by atoms with van der Waals surface area (Å²) in [5, 5.41) is 10.8. The Kier molecular flexibility index (Phi) is 7.05. The quantitative estimate of drug-likeness (QED) is 0.717. The van der Waals surface area contributed by atoms with Crippen molar-refractivity contribution in [2.75, 3.05) is 39.3 Å². The Morgan fingerprint density at radius 3 is 2.88 bits per heavy atom. The lowest BCUT2D eigenvalue weighted by Crippen LogP contribution is -2.45. The molecule has 146 valence electrons. The highest BCUT2D eigenvalue weighted by Crippen LogP contribution is 2.15. The van der Waals surface area contributed by atoms with E-state index in [9.17, 15) is 4.79 Å². The molecule has 0 spiro atoms. The summed E-state index contributed by atoms with van der Waals surface area (Å²) in [6.07, 6.45) is 6.90. The molecule has 1 amide bonds. The molecule has 7 nitrogen and oxygen atoms in total. The first-order chi connectivity index (χ1) is 12.6. The molecule has 7 heteroatoms. The second-order valence-corrected chi connectivity index (χ2v) is 7.66. The van der Waals surface area contributed by atoms with Crippen LogP contribution in [0.4, 0.5) is 0 Å². The molecule has 3 heterocycles. The first-order valence-electron chi connectivity index (χ1n) is 10.0. The van der Waals surface area contributed by atoms with E-state index in [-0.39, 0.29) is 5.91 Å². The van der Waals surface area contributed by atoms with Crippen LogP contribution in [0.5, 0.6) is 0 Å². The SMILES string of the molecule is CC1CN(CCCCNC(=O)c2ccn(C3CCCNC3)n2)CC(C)O1. The number of morpholine rings is 1. The average molecular weight is 364 g/mol. The molecule has 2 fully saturated rings. The third-order valence-corrected chi connectivity index (χ3v) is 5.17. The largest absolute Gasteiger partial charge is 0.373 e. The molecular formula is C19H33N5O2. The molecule has 3 atom stereocenters. The summed E-state index contributed by atoms with van der Waals surface area (Å²) in [5.41, 5.74) is 0.520. The molecule has 1 aromatic heterocycles. The standard InChI is InChI=1S/C19H33N5O2/c1-15-13-23(14-16(2)26-15)10-4-3-9-21-19(25)18-7-11-24(22-18)17-6-5-8-20-12-17/h7,11,15-17,20H,3-6,8-10,12-14H2,1-2H3,(H,21,25). The average Bonchev–Trinajstić information content (AvgIpc) is 3.11. The van der Waals surface area contributed by atoms with Crippen LogP contribution in [0.15, 0.2) is 12.3 Å². The van der Waals surface area contributed by atoms with Crippen molar-refractivity contribution < 1.29 is 9.53 Å². The van der Waals surface area contributed by atoms with Crippen LogP contribution in [0.3, 0.4) is 0 Å². The molecule has 3 unspecified atom stereocenters. The van der Waals surface area contributed by atoms with Crippen molar-refractivity contribution in [2.45, 2.75) is 57.8 Å². The van der Waals surface area contributed by atoms with Crippen LogP contribution >= 0.6 is 0 Å². The number of nitrogens with zero attached hydrogens (tertiary/aromatic N) is 3. The van der Waals surface area contributed by atoms with E-state index >= 15 is 0 Å². The Morgan fingerprint density at radius 1 is 1.35 bits per heavy atom. The molecule has 3 rings (SSSR count). The topological polar surface area (TPSA) is 71.4 Å². The van der Waals surface area contributed by atoms with E-state index in [1.54, 1.807) is 0 Å². The van der Waals surface area contributed by atoms with Gasteiger partial charge in [0.1, 0.15) is 5.69 Å². The molecule has 0 aromatic carbocycles. The second-order valence-electron chi connectivity index (χ2n) is 7.66. The number of carbonyl (C=O) groups is 1. The van der Waals surface area contributed by atoms with Gasteiger partial charge in [-0.3, -0.25) is 14.4 Å². The smallest absolute Gasteiger partial charge is 0.271 e. The fraction of sp³-hybridized carbons (Fsp3) is 0.789. The minimum atomic E-state index is -0.0684. The molecule has 0 bridgehead atoms. The van der Waals surface area contributed by atoms with E-state index < -0.39 is 0 Å². The van der Waals surface area contributed by atoms with E-state index in [1.165, 1.54) is 0 Å². The predicted octanol–water partition coefficient (Wildman–Crippen LogP) is 1.43. The van der Waals surface area contributed by atoms with Gasteiger partial charge in [0.05, 0.1) is 18.2 Å². The summed E-state index contributed by atoms with van der Waals surface area (Å²) in [4.78, 5) is 14.7. The lowest BCUT2D eigenvalue weighted by Gasteiger charge is -2.35. The number of piperidine rings is 1. The van der Waals surface area contributed by atoms with E-state index in [0.29, 0.717) is 30.5 Å². The minimum absolute atomic E-state index is 0.0684. The Bertz CT molecular complexity index is 560. The van der Waals surface area contributed by atoms with Crippen LogP contribution < -0.4 is 10.6 Å². The molecular weight excluding hydrogens is 330 g/mol. The van der Waals surface area contributed by atoms with Crippen LogP contribution in [-0.4, -0.2) is 72.1 Å². The monoisotopic (exact) mass is 363 g/mol. The molecule has 26 heavy (non-hydrogen) atoms. The highest BCUT2D eigenvalue weighted by atomic mass is 16.5. The molecule has 2 saturated heterocycles. The summed E-state index contributed by atoms with van der Waals surface area (Å²) in [5.74, 6) is -0.0684. The number of rotatable bonds is 7. The van der Waals surface area contributed by atoms with Gasteiger partial charge in [0, 0.05) is 32.4 Å². The van der Waals surface area contributed by atoms with Crippen LogP contribution in [0.1, 0.15) is 56.1 Å². The van der Waals surface area contributed by atoms with Crippen LogP contribution in [0.2, 0.25) is 0 Å². The van der Waals surface area contributed by atoms with E-state index in [0.717, 1.165) is 58.4 Å². The van der Waals surface area contributed by atoms with E-state index in [1.807, 2.05) is 16.9 Å². The molecule has 2 N–H and O–H groups in total. The fourth-order valence-corrected chi connectivity index (χ4v) is 3.94. The first kappa shape index (κ1) is 19.3. The molecule has 0 radical (unpaired) electrons. The Balaban J connectivity index is 1.33. The van der Waals surface area contributed by atoms with Crippen molar-refractivity contribution in [3.63, 3.8) is 0 Å². The van der Waals surface area contributed by atoms with Crippen molar-refractivity contribution in [1.29, 1.82) is 0 Å². The van der Waals surface area contributed by atoms with Crippen LogP contribution in [0, 0.1) is 0 Å². The zero-order valence-corrected chi connectivity index (χ0v) is 16.1. The Hall–Kier alpha value is -1.44. The predicted molar refractivity (Wildman–Crippen MR) is 101 cm³/mol. The molecule has 0 saturated carbocycles. The maximum absolute atomic E-state index is 12.3. The first-order valence-corrected chi connectivity index (χ1v) is 10.0. The van der Waals surface area contributed by atoms with Crippen molar-refractivity contribution in [2.24, 2.45) is 0 Å². The van der Waals surface area contributed by atoms with E-state index in [4.69, 9.17) is 4.74 Å². The van der Waals surface area contributed by atoms with Gasteiger partial charge in [-0.05, 0) is 58.7 Å². The normalized spacial score (nSPS) is 27.4. The van der Waals surface area contributed by atoms with Gasteiger partial charge in [0.15, 0.2) is 0 Å². The van der Waals surface area contributed by atoms with Gasteiger partial charge in [0.25, 0.3) is 5.91 Å². The maximum Gasteiger partial charge on any atom is 0.271 e. The van der Waals surface area contributed by atoms with Crippen molar-refractivity contribution in [3.05, 3.63) is 18.0 Å². The van der Waals surface area contributed by atoms with Gasteiger partial charge in [-0.2, -0.15) is 5.10 Å². The highest BCUT2D eigenvalue weighted by molar-refractivity contribution is 5.92.